The first kappa shape index (κ1) is 27.6. The highest BCUT2D eigenvalue weighted by Crippen LogP contribution is 2.71. The summed E-state index contributed by atoms with van der Waals surface area (Å²) >= 11 is 7.56. The average Bonchev–Trinajstić information content (AvgIpc) is 2.89. The number of aromatic nitrogens is 2. The van der Waals surface area contributed by atoms with E-state index in [1.807, 2.05) is 19.9 Å². The van der Waals surface area contributed by atoms with Crippen LogP contribution in [0.2, 0.25) is 5.02 Å². The van der Waals surface area contributed by atoms with Crippen molar-refractivity contribution < 1.29 is 32.9 Å². The monoisotopic (exact) mass is 565 g/mol. The molecule has 3 aromatic rings. The van der Waals surface area contributed by atoms with Gasteiger partial charge in [-0.2, -0.15) is 9.97 Å². The van der Waals surface area contributed by atoms with Gasteiger partial charge in [0.1, 0.15) is 0 Å². The molecule has 1 aromatic heterocycles. The quantitative estimate of drug-likeness (QED) is 0.199. The fraction of sp³-hybridized carbons (Fsp3) is 0.320. The third-order valence-corrected chi connectivity index (χ3v) is 8.57. The van der Waals surface area contributed by atoms with Gasteiger partial charge in [0.25, 0.3) is 7.94 Å². The van der Waals surface area contributed by atoms with E-state index in [4.69, 9.17) is 34.9 Å². The number of esters is 1. The molecule has 9 nitrogen and oxygen atoms in total. The number of rotatable bonds is 8. The number of halogens is 1. The number of ether oxygens (including phenoxy) is 3. The minimum absolute atomic E-state index is 0.0874. The molecule has 1 unspecified atom stereocenters. The maximum Gasteiger partial charge on any atom is 0.342 e. The summed E-state index contributed by atoms with van der Waals surface area (Å²) in [4.78, 5) is 34.1. The second-order valence-electron chi connectivity index (χ2n) is 8.89. The zero-order valence-electron chi connectivity index (χ0n) is 20.7. The van der Waals surface area contributed by atoms with Crippen LogP contribution in [0.4, 0.5) is 0 Å². The van der Waals surface area contributed by atoms with Gasteiger partial charge < -0.3 is 28.2 Å². The molecule has 1 fully saturated rings. The molecule has 2 heterocycles. The predicted molar refractivity (Wildman–Crippen MR) is 140 cm³/mol. The topological polar surface area (TPSA) is 109 Å². The van der Waals surface area contributed by atoms with Gasteiger partial charge in [-0.3, -0.25) is 0 Å². The van der Waals surface area contributed by atoms with Crippen LogP contribution in [-0.4, -0.2) is 48.3 Å². The summed E-state index contributed by atoms with van der Waals surface area (Å²) in [6, 6.07) is 15.4. The lowest BCUT2D eigenvalue weighted by molar-refractivity contribution is -0.00642. The van der Waals surface area contributed by atoms with E-state index in [-0.39, 0.29) is 34.4 Å². The Kier molecular flexibility index (Phi) is 8.58. The summed E-state index contributed by atoms with van der Waals surface area (Å²) in [5.74, 6) is -1.35. The normalized spacial score (nSPS) is 17.0. The highest BCUT2D eigenvalue weighted by Gasteiger charge is 2.48. The van der Waals surface area contributed by atoms with E-state index in [2.05, 4.69) is 9.97 Å². The fourth-order valence-corrected chi connectivity index (χ4v) is 6.78. The molecule has 1 atom stereocenters. The molecule has 37 heavy (non-hydrogen) atoms. The first-order valence-electron chi connectivity index (χ1n) is 11.2. The molecule has 0 spiro atoms. The van der Waals surface area contributed by atoms with Crippen molar-refractivity contribution in [3.8, 4) is 11.8 Å². The standard InChI is InChI=1S/C25H27ClN2O7PS/c1-25(2)14-33-36(30,34-15-25)23(16-9-6-5-7-10-16)35-22(29)21-17(26)11-8-12-18(21)37-24-27-19(31-3)13-20(28-24)32-4/h5-13,23,30H,14-15H2,1-4H3. The lowest BCUT2D eigenvalue weighted by atomic mass is 9.97. The first-order valence-corrected chi connectivity index (χ1v) is 14.1. The average molecular weight is 566 g/mol. The Morgan fingerprint density at radius 3 is 2.27 bits per heavy atom. The van der Waals surface area contributed by atoms with Gasteiger partial charge >= 0.3 is 5.97 Å². The lowest BCUT2D eigenvalue weighted by Crippen LogP contribution is -2.33. The Balaban J connectivity index is 1.67. The molecule has 0 saturated carbocycles. The zero-order valence-corrected chi connectivity index (χ0v) is 23.2. The summed E-state index contributed by atoms with van der Waals surface area (Å²) in [5, 5.41) is 0.438. The van der Waals surface area contributed by atoms with Crippen LogP contribution < -0.4 is 9.47 Å². The zero-order chi connectivity index (χ0) is 26.6. The van der Waals surface area contributed by atoms with Crippen LogP contribution in [-0.2, 0) is 13.8 Å². The van der Waals surface area contributed by atoms with Gasteiger partial charge in [-0.05, 0) is 23.9 Å². The highest BCUT2D eigenvalue weighted by atomic mass is 35.5. The molecule has 0 aliphatic carbocycles. The van der Waals surface area contributed by atoms with Crippen molar-refractivity contribution >= 4 is 37.3 Å². The largest absolute Gasteiger partial charge is 0.481 e. The summed E-state index contributed by atoms with van der Waals surface area (Å²) in [7, 11) is -0.661. The maximum absolute atomic E-state index is 13.6. The van der Waals surface area contributed by atoms with Crippen molar-refractivity contribution in [3.05, 3.63) is 70.7 Å². The van der Waals surface area contributed by atoms with E-state index in [1.165, 1.54) is 20.3 Å². The Morgan fingerprint density at radius 1 is 1.05 bits per heavy atom. The highest BCUT2D eigenvalue weighted by molar-refractivity contribution is 7.99. The summed E-state index contributed by atoms with van der Waals surface area (Å²) in [6.45, 7) is 4.42. The molecule has 0 amide bonds. The predicted octanol–water partition coefficient (Wildman–Crippen LogP) is 5.98. The molecule has 12 heteroatoms. The third kappa shape index (κ3) is 6.52. The molecular weight excluding hydrogens is 539 g/mol. The van der Waals surface area contributed by atoms with Gasteiger partial charge in [-0.1, -0.05) is 61.8 Å². The van der Waals surface area contributed by atoms with Crippen molar-refractivity contribution in [3.63, 3.8) is 0 Å². The van der Waals surface area contributed by atoms with E-state index in [0.717, 1.165) is 11.8 Å². The molecule has 0 bridgehead atoms. The Labute approximate surface area is 225 Å². The maximum atomic E-state index is 13.6. The molecule has 1 radical (unpaired) electrons. The molecule has 1 aliphatic rings. The van der Waals surface area contributed by atoms with Crippen molar-refractivity contribution in [2.24, 2.45) is 5.41 Å². The van der Waals surface area contributed by atoms with Crippen LogP contribution in [0, 0.1) is 5.41 Å². The van der Waals surface area contributed by atoms with Crippen LogP contribution in [0.25, 0.3) is 0 Å². The van der Waals surface area contributed by atoms with Crippen LogP contribution in [0.15, 0.2) is 64.6 Å². The van der Waals surface area contributed by atoms with Crippen molar-refractivity contribution in [1.29, 1.82) is 0 Å². The lowest BCUT2D eigenvalue weighted by Gasteiger charge is -2.43. The number of carbonyl (C=O) groups is 1. The summed E-state index contributed by atoms with van der Waals surface area (Å²) in [5.41, 5.74) is 0.333. The van der Waals surface area contributed by atoms with Crippen LogP contribution >= 0.6 is 31.3 Å². The van der Waals surface area contributed by atoms with E-state index in [0.29, 0.717) is 22.2 Å². The molecule has 197 valence electrons. The van der Waals surface area contributed by atoms with Gasteiger partial charge in [0.05, 0.1) is 44.1 Å². The van der Waals surface area contributed by atoms with Gasteiger partial charge in [-0.25, -0.2) is 4.79 Å². The fourth-order valence-electron chi connectivity index (χ4n) is 3.37. The van der Waals surface area contributed by atoms with E-state index in [9.17, 15) is 9.69 Å². The minimum Gasteiger partial charge on any atom is -0.481 e. The minimum atomic E-state index is -3.62. The number of benzene rings is 2. The van der Waals surface area contributed by atoms with Crippen molar-refractivity contribution in [2.75, 3.05) is 27.4 Å². The first-order chi connectivity index (χ1) is 17.6. The van der Waals surface area contributed by atoms with Crippen molar-refractivity contribution in [1.82, 2.24) is 9.97 Å². The second kappa shape index (κ2) is 11.5. The smallest absolute Gasteiger partial charge is 0.342 e. The second-order valence-corrected chi connectivity index (χ2v) is 12.4. The van der Waals surface area contributed by atoms with Gasteiger partial charge in [0.2, 0.25) is 17.6 Å². The number of hydrogen-bond donors (Lipinski definition) is 1. The van der Waals surface area contributed by atoms with Crippen LogP contribution in [0.5, 0.6) is 11.8 Å². The third-order valence-electron chi connectivity index (χ3n) is 5.34. The Bertz CT molecular complexity index is 1230. The Morgan fingerprint density at radius 2 is 1.68 bits per heavy atom. The van der Waals surface area contributed by atoms with E-state index < -0.39 is 19.8 Å². The number of hydrogen-bond acceptors (Lipinski definition) is 10. The number of carbonyl (C=O) groups excluding carboxylic acids is 1. The summed E-state index contributed by atoms with van der Waals surface area (Å²) in [6.07, 6.45) is 0. The Hall–Kier alpha value is -2.46. The van der Waals surface area contributed by atoms with Crippen molar-refractivity contribution in [2.45, 2.75) is 29.7 Å². The SMILES string of the molecule is COc1cc(OC)nc(Sc2cccc(Cl)c2C(=O)OC(c2ccccc2)[P]2(O)OCC(C)(C)CO2)n1. The summed E-state index contributed by atoms with van der Waals surface area (Å²) < 4.78 is 28.0. The molecule has 1 N–H and O–H groups in total. The molecule has 1 aliphatic heterocycles. The van der Waals surface area contributed by atoms with Gasteiger partial charge in [0, 0.05) is 15.9 Å². The van der Waals surface area contributed by atoms with Crippen LogP contribution in [0.1, 0.15) is 35.6 Å². The molecular formula is C25H27ClN2O7PS. The molecule has 1 saturated heterocycles. The van der Waals surface area contributed by atoms with Gasteiger partial charge in [0.15, 0.2) is 5.16 Å². The number of nitrogens with zero attached hydrogens (tertiary/aromatic N) is 2. The van der Waals surface area contributed by atoms with E-state index in [1.54, 1.807) is 42.5 Å². The van der Waals surface area contributed by atoms with Crippen LogP contribution in [0.3, 0.4) is 0 Å². The molecule has 4 rings (SSSR count). The molecule has 2 aromatic carbocycles. The van der Waals surface area contributed by atoms with Gasteiger partial charge in [-0.15, -0.1) is 0 Å². The van der Waals surface area contributed by atoms with E-state index >= 15 is 0 Å². The number of methoxy groups -OCH3 is 2.